The van der Waals surface area contributed by atoms with Crippen molar-refractivity contribution in [1.82, 2.24) is 9.88 Å². The lowest BCUT2D eigenvalue weighted by Gasteiger charge is -2.31. The lowest BCUT2D eigenvalue weighted by atomic mass is 9.88. The largest absolute Gasteiger partial charge is 0.490 e. The fourth-order valence-corrected chi connectivity index (χ4v) is 5.33. The van der Waals surface area contributed by atoms with Gasteiger partial charge in [-0.05, 0) is 78.1 Å². The summed E-state index contributed by atoms with van der Waals surface area (Å²) >= 11 is 7.12. The third kappa shape index (κ3) is 6.06. The molecule has 0 spiro atoms. The zero-order valence-corrected chi connectivity index (χ0v) is 23.1. The number of hydrogen-bond donors (Lipinski definition) is 1. The lowest BCUT2D eigenvalue weighted by molar-refractivity contribution is 0.0661. The number of aromatic nitrogens is 1. The minimum Gasteiger partial charge on any atom is -0.490 e. The molecule has 4 aromatic rings. The number of β-amino-alcohol motifs (C(OH)–C–C–N with tert-alkyl or cyclic N) is 1. The van der Waals surface area contributed by atoms with Crippen LogP contribution in [0.25, 0.3) is 16.5 Å². The van der Waals surface area contributed by atoms with Crippen molar-refractivity contribution >= 4 is 48.3 Å². The number of benzene rings is 3. The van der Waals surface area contributed by atoms with Crippen LogP contribution in [0.4, 0.5) is 0 Å². The summed E-state index contributed by atoms with van der Waals surface area (Å²) in [6, 6.07) is 26.9. The van der Waals surface area contributed by atoms with Crippen molar-refractivity contribution in [3.8, 4) is 5.75 Å². The standard InChI is InChI=1S/C30H28Br2N2O2/c31-24-10-6-21(7-11-24)30(22-8-12-25(32)13-9-22)23-14-17-34(18-15-23)19-26(35)20-36-29-5-1-4-28-27(29)3-2-16-33-28/h1-13,16,26,35H,14-15,17-20H2. The van der Waals surface area contributed by atoms with Gasteiger partial charge in [-0.3, -0.25) is 9.88 Å². The molecule has 0 saturated carbocycles. The van der Waals surface area contributed by atoms with Crippen LogP contribution in [0.15, 0.2) is 99.6 Å². The SMILES string of the molecule is OC(COc1cccc2ncccc12)CN1CCC(=C(c2ccc(Br)cc2)c2ccc(Br)cc2)CC1. The molecule has 5 rings (SSSR count). The van der Waals surface area contributed by atoms with E-state index in [0.29, 0.717) is 6.54 Å². The molecule has 1 fully saturated rings. The van der Waals surface area contributed by atoms with E-state index in [9.17, 15) is 5.11 Å². The molecule has 4 nitrogen and oxygen atoms in total. The Morgan fingerprint density at radius 1 is 0.861 bits per heavy atom. The first-order valence-corrected chi connectivity index (χ1v) is 13.8. The van der Waals surface area contributed by atoms with Crippen LogP contribution >= 0.6 is 31.9 Å². The van der Waals surface area contributed by atoms with E-state index >= 15 is 0 Å². The summed E-state index contributed by atoms with van der Waals surface area (Å²) < 4.78 is 8.14. The first kappa shape index (κ1) is 25.2. The highest BCUT2D eigenvalue weighted by Crippen LogP contribution is 2.33. The fourth-order valence-electron chi connectivity index (χ4n) is 4.80. The van der Waals surface area contributed by atoms with Gasteiger partial charge in [-0.1, -0.05) is 67.8 Å². The number of piperidine rings is 1. The van der Waals surface area contributed by atoms with Gasteiger partial charge in [-0.25, -0.2) is 0 Å². The highest BCUT2D eigenvalue weighted by Gasteiger charge is 2.21. The molecule has 1 aromatic heterocycles. The molecule has 1 N–H and O–H groups in total. The third-order valence-electron chi connectivity index (χ3n) is 6.58. The summed E-state index contributed by atoms with van der Waals surface area (Å²) in [4.78, 5) is 6.71. The van der Waals surface area contributed by atoms with Gasteiger partial charge in [0.2, 0.25) is 0 Å². The van der Waals surface area contributed by atoms with Crippen LogP contribution in [0.2, 0.25) is 0 Å². The average Bonchev–Trinajstić information content (AvgIpc) is 2.91. The summed E-state index contributed by atoms with van der Waals surface area (Å²) in [5.74, 6) is 0.761. The predicted octanol–water partition coefficient (Wildman–Crippen LogP) is 7.10. The average molecular weight is 608 g/mol. The Hall–Kier alpha value is -2.51. The number of rotatable bonds is 7. The first-order valence-electron chi connectivity index (χ1n) is 12.2. The lowest BCUT2D eigenvalue weighted by Crippen LogP contribution is -2.39. The number of halogens is 2. The first-order chi connectivity index (χ1) is 17.6. The van der Waals surface area contributed by atoms with Crippen LogP contribution in [-0.4, -0.2) is 47.3 Å². The Morgan fingerprint density at radius 3 is 2.14 bits per heavy atom. The van der Waals surface area contributed by atoms with Gasteiger partial charge in [0.15, 0.2) is 0 Å². The van der Waals surface area contributed by atoms with Gasteiger partial charge in [-0.2, -0.15) is 0 Å². The molecule has 36 heavy (non-hydrogen) atoms. The van der Waals surface area contributed by atoms with Crippen molar-refractivity contribution in [2.75, 3.05) is 26.2 Å². The van der Waals surface area contributed by atoms with Crippen molar-refractivity contribution in [2.24, 2.45) is 0 Å². The number of fused-ring (bicyclic) bond motifs is 1. The summed E-state index contributed by atoms with van der Waals surface area (Å²) in [7, 11) is 0. The van der Waals surface area contributed by atoms with Crippen LogP contribution in [0.3, 0.4) is 0 Å². The van der Waals surface area contributed by atoms with Crippen molar-refractivity contribution in [3.05, 3.63) is 111 Å². The number of hydrogen-bond acceptors (Lipinski definition) is 4. The topological polar surface area (TPSA) is 45.6 Å². The Kier molecular flexibility index (Phi) is 8.17. The third-order valence-corrected chi connectivity index (χ3v) is 7.64. The molecule has 2 heterocycles. The van der Waals surface area contributed by atoms with E-state index in [1.807, 2.05) is 30.3 Å². The minimum absolute atomic E-state index is 0.260. The maximum Gasteiger partial charge on any atom is 0.128 e. The van der Waals surface area contributed by atoms with Gasteiger partial charge < -0.3 is 9.84 Å². The monoisotopic (exact) mass is 606 g/mol. The van der Waals surface area contributed by atoms with Gasteiger partial charge in [0.25, 0.3) is 0 Å². The van der Waals surface area contributed by atoms with Crippen molar-refractivity contribution < 1.29 is 9.84 Å². The zero-order valence-electron chi connectivity index (χ0n) is 19.9. The molecule has 0 aliphatic carbocycles. The molecule has 0 radical (unpaired) electrons. The van der Waals surface area contributed by atoms with E-state index in [2.05, 4.69) is 90.3 Å². The molecule has 0 amide bonds. The van der Waals surface area contributed by atoms with Crippen LogP contribution in [0.5, 0.6) is 5.75 Å². The number of pyridine rings is 1. The smallest absolute Gasteiger partial charge is 0.128 e. The van der Waals surface area contributed by atoms with E-state index in [1.165, 1.54) is 22.3 Å². The number of aliphatic hydroxyl groups is 1. The summed E-state index contributed by atoms with van der Waals surface area (Å²) in [5.41, 5.74) is 6.16. The van der Waals surface area contributed by atoms with Crippen molar-refractivity contribution in [1.29, 1.82) is 0 Å². The summed E-state index contributed by atoms with van der Waals surface area (Å²) in [5, 5.41) is 11.7. The van der Waals surface area contributed by atoms with Gasteiger partial charge in [-0.15, -0.1) is 0 Å². The maximum absolute atomic E-state index is 10.7. The number of ether oxygens (including phenoxy) is 1. The van der Waals surface area contributed by atoms with E-state index in [4.69, 9.17) is 4.74 Å². The van der Waals surface area contributed by atoms with Gasteiger partial charge in [0.1, 0.15) is 18.5 Å². The Labute approximate surface area is 228 Å². The Balaban J connectivity index is 1.24. The number of nitrogens with zero attached hydrogens (tertiary/aromatic N) is 2. The van der Waals surface area contributed by atoms with Gasteiger partial charge >= 0.3 is 0 Å². The van der Waals surface area contributed by atoms with Crippen LogP contribution in [0.1, 0.15) is 24.0 Å². The van der Waals surface area contributed by atoms with Crippen LogP contribution in [0, 0.1) is 0 Å². The summed E-state index contributed by atoms with van der Waals surface area (Å²) in [6.45, 7) is 2.70. The molecule has 184 valence electrons. The molecule has 1 unspecified atom stereocenters. The van der Waals surface area contributed by atoms with Crippen LogP contribution < -0.4 is 4.74 Å². The van der Waals surface area contributed by atoms with E-state index in [-0.39, 0.29) is 6.61 Å². The fraction of sp³-hybridized carbons (Fsp3) is 0.233. The maximum atomic E-state index is 10.7. The predicted molar refractivity (Wildman–Crippen MR) is 153 cm³/mol. The molecule has 6 heteroatoms. The zero-order chi connectivity index (χ0) is 24.9. The van der Waals surface area contributed by atoms with E-state index < -0.39 is 6.10 Å². The molecule has 1 atom stereocenters. The quantitative estimate of drug-likeness (QED) is 0.243. The Morgan fingerprint density at radius 2 is 1.50 bits per heavy atom. The molecule has 3 aromatic carbocycles. The van der Waals surface area contributed by atoms with Crippen molar-refractivity contribution in [2.45, 2.75) is 18.9 Å². The van der Waals surface area contributed by atoms with Gasteiger partial charge in [0, 0.05) is 40.2 Å². The molecular formula is C30H28Br2N2O2. The second-order valence-corrected chi connectivity index (χ2v) is 10.9. The number of likely N-dealkylation sites (tertiary alicyclic amines) is 1. The highest BCUT2D eigenvalue weighted by molar-refractivity contribution is 9.10. The number of aliphatic hydroxyl groups excluding tert-OH is 1. The molecule has 1 aliphatic rings. The molecule has 1 aliphatic heterocycles. The second kappa shape index (κ2) is 11.7. The normalized spacial score (nSPS) is 15.1. The molecular weight excluding hydrogens is 580 g/mol. The Bertz CT molecular complexity index is 1290. The van der Waals surface area contributed by atoms with E-state index in [1.54, 1.807) is 6.20 Å². The highest BCUT2D eigenvalue weighted by atomic mass is 79.9. The summed E-state index contributed by atoms with van der Waals surface area (Å²) in [6.07, 6.45) is 3.17. The van der Waals surface area contributed by atoms with Crippen LogP contribution in [-0.2, 0) is 0 Å². The molecule has 1 saturated heterocycles. The van der Waals surface area contributed by atoms with Crippen molar-refractivity contribution in [3.63, 3.8) is 0 Å². The molecule has 0 bridgehead atoms. The second-order valence-electron chi connectivity index (χ2n) is 9.08. The van der Waals surface area contributed by atoms with Gasteiger partial charge in [0.05, 0.1) is 5.52 Å². The minimum atomic E-state index is -0.556. The van der Waals surface area contributed by atoms with E-state index in [0.717, 1.165) is 51.5 Å².